The number of hydrogen-bond acceptors (Lipinski definition) is 39. The number of ether oxygens (including phenoxy) is 19. The fourth-order valence-electron chi connectivity index (χ4n) is 9.01. The van der Waals surface area contributed by atoms with Crippen molar-refractivity contribution in [3.8, 4) is 0 Å². The summed E-state index contributed by atoms with van der Waals surface area (Å²) in [6, 6.07) is 0. The van der Waals surface area contributed by atoms with Crippen LogP contribution in [0.4, 0.5) is 4.79 Å². The standard InChI is InChI=1S/2C9H12O4.C8H11NO3.3C8H10O4.C7H9NO3.C7H8O5.2C7H8O4.CH4/c1-4-6(10)13-7-8(11)12-5-9(7,2)3;1-3-7(10)13-9(2)4-5-12-8(11)6-9;1-2-7(10)12-5-6-3-4-9-8(6)11;2*1-5(2)8(10)12-6-3-7(9)11-4-6;1-2-7(9)12-5-6-3-4-11-8(6)10;1-2-6(9)11-5-3-4-8-7(5)10;1-2-6(8)10-3-5-4-11-7(9)12-5;1-2-6(8)11-5-3-7(9)10-4-5;1-2-6(8)11-5-3-4-10-7(5)9;/h4,7H,1,5H2,2-3H3;3H,1,4-6H2,2H3;2,6H,1,3-5H2,(H,9,11);2*6H,1,3-4H2,2H3;2,6H,1,3-5H2;2,5H,1,3-4H2,(H,8,10);2,5H,1,3-4H2;2*2,5H,1,3-4H2;1H4. The minimum Gasteiger partial charge on any atom is -0.465 e. The third kappa shape index (κ3) is 44.6. The summed E-state index contributed by atoms with van der Waals surface area (Å²) in [4.78, 5) is 214. The summed E-state index contributed by atoms with van der Waals surface area (Å²) >= 11 is 0. The highest BCUT2D eigenvalue weighted by atomic mass is 16.8. The zero-order valence-electron chi connectivity index (χ0n) is 66.4. The summed E-state index contributed by atoms with van der Waals surface area (Å²) in [5.41, 5.74) is -0.514. The molecule has 41 nitrogen and oxygen atoms in total. The van der Waals surface area contributed by atoms with Gasteiger partial charge < -0.3 is 101 Å². The Morgan fingerprint density at radius 3 is 1.21 bits per heavy atom. The van der Waals surface area contributed by atoms with Crippen LogP contribution in [0.1, 0.15) is 99.8 Å². The molecule has 0 aromatic heterocycles. The van der Waals surface area contributed by atoms with E-state index in [0.717, 1.165) is 55.0 Å². The molecule has 41 heteroatoms. The molecule has 10 rings (SSSR count). The molecule has 10 unspecified atom stereocenters. The van der Waals surface area contributed by atoms with Gasteiger partial charge in [-0.15, -0.1) is 0 Å². The van der Waals surface area contributed by atoms with Crippen molar-refractivity contribution in [2.24, 2.45) is 17.3 Å². The number of esters is 17. The molecule has 0 aromatic rings. The van der Waals surface area contributed by atoms with Crippen molar-refractivity contribution in [1.82, 2.24) is 10.6 Å². The first-order chi connectivity index (χ1) is 56.1. The van der Waals surface area contributed by atoms with E-state index in [0.29, 0.717) is 69.7 Å². The van der Waals surface area contributed by atoms with Crippen molar-refractivity contribution in [2.75, 3.05) is 85.8 Å². The van der Waals surface area contributed by atoms with Gasteiger partial charge >= 0.3 is 108 Å². The highest BCUT2D eigenvalue weighted by Gasteiger charge is 2.46. The Kier molecular flexibility index (Phi) is 50.5. The molecule has 0 aliphatic carbocycles. The summed E-state index contributed by atoms with van der Waals surface area (Å²) in [6.45, 7) is 44.6. The summed E-state index contributed by atoms with van der Waals surface area (Å²) in [5, 5.41) is 5.20. The molecule has 10 fully saturated rings. The lowest BCUT2D eigenvalue weighted by atomic mass is 9.90. The van der Waals surface area contributed by atoms with Gasteiger partial charge in [-0.2, -0.15) is 0 Å². The van der Waals surface area contributed by atoms with Crippen molar-refractivity contribution in [3.05, 3.63) is 126 Å². The maximum Gasteiger partial charge on any atom is 0.508 e. The zero-order valence-corrected chi connectivity index (χ0v) is 66.4. The molecule has 0 aromatic carbocycles. The van der Waals surface area contributed by atoms with Crippen molar-refractivity contribution in [1.29, 1.82) is 0 Å². The Balaban J connectivity index is 0.00000131. The Morgan fingerprint density at radius 2 is 0.842 bits per heavy atom. The van der Waals surface area contributed by atoms with Gasteiger partial charge in [-0.05, 0) is 33.6 Å². The molecule has 10 heterocycles. The smallest absolute Gasteiger partial charge is 0.465 e. The molecule has 662 valence electrons. The average molecular weight is 1700 g/mol. The predicted molar refractivity (Wildman–Crippen MR) is 406 cm³/mol. The lowest BCUT2D eigenvalue weighted by molar-refractivity contribution is -0.172. The van der Waals surface area contributed by atoms with E-state index in [4.69, 9.17) is 42.6 Å². The first-order valence-corrected chi connectivity index (χ1v) is 35.9. The molecule has 2 N–H and O–H groups in total. The maximum absolute atomic E-state index is 11.1. The number of hydrogen-bond donors (Lipinski definition) is 2. The minimum atomic E-state index is -0.807. The van der Waals surface area contributed by atoms with Crippen LogP contribution in [0.3, 0.4) is 0 Å². The molecule has 120 heavy (non-hydrogen) atoms. The minimum absolute atomic E-state index is 0. The molecule has 2 amide bonds. The van der Waals surface area contributed by atoms with E-state index >= 15 is 0 Å². The molecule has 10 atom stereocenters. The highest BCUT2D eigenvalue weighted by Crippen LogP contribution is 2.31. The van der Waals surface area contributed by atoms with Gasteiger partial charge in [0.15, 0.2) is 12.2 Å². The first kappa shape index (κ1) is 107. The summed E-state index contributed by atoms with van der Waals surface area (Å²) in [6.07, 6.45) is 7.29. The Morgan fingerprint density at radius 1 is 0.417 bits per heavy atom. The number of carbonyl (C=O) groups is 20. The van der Waals surface area contributed by atoms with E-state index in [1.807, 2.05) is 0 Å². The van der Waals surface area contributed by atoms with Crippen molar-refractivity contribution in [3.63, 3.8) is 0 Å². The van der Waals surface area contributed by atoms with Crippen LogP contribution in [0.5, 0.6) is 0 Å². The maximum atomic E-state index is 11.1. The number of cyclic esters (lactones) is 9. The van der Waals surface area contributed by atoms with E-state index < -0.39 is 132 Å². The highest BCUT2D eigenvalue weighted by molar-refractivity contribution is 5.91. The van der Waals surface area contributed by atoms with Crippen molar-refractivity contribution in [2.45, 2.75) is 148 Å². The van der Waals surface area contributed by atoms with Gasteiger partial charge in [0.05, 0.1) is 57.3 Å². The van der Waals surface area contributed by atoms with Crippen molar-refractivity contribution >= 4 is 119 Å². The van der Waals surface area contributed by atoms with Crippen molar-refractivity contribution < 1.29 is 186 Å². The number of nitrogens with one attached hydrogen (secondary N) is 2. The fraction of sp³-hybridized carbons (Fsp3) is 0.494. The normalized spacial score (nSPS) is 22.7. The first-order valence-electron chi connectivity index (χ1n) is 35.9. The van der Waals surface area contributed by atoms with Crippen LogP contribution in [0.15, 0.2) is 126 Å². The molecule has 10 aliphatic heterocycles. The summed E-state index contributed by atoms with van der Waals surface area (Å²) < 4.78 is 89.3. The third-order valence-electron chi connectivity index (χ3n) is 15.4. The van der Waals surface area contributed by atoms with Crippen LogP contribution in [0.25, 0.3) is 0 Å². The molecule has 10 saturated heterocycles. The van der Waals surface area contributed by atoms with E-state index in [1.54, 1.807) is 34.6 Å². The van der Waals surface area contributed by atoms with Gasteiger partial charge in [-0.25, -0.2) is 62.3 Å². The van der Waals surface area contributed by atoms with Crippen LogP contribution in [0.2, 0.25) is 0 Å². The third-order valence-corrected chi connectivity index (χ3v) is 15.4. The van der Waals surface area contributed by atoms with Gasteiger partial charge in [0, 0.05) is 97.5 Å². The van der Waals surface area contributed by atoms with Crippen LogP contribution in [-0.2, 0) is 181 Å². The Labute approximate surface area is 690 Å². The van der Waals surface area contributed by atoms with Gasteiger partial charge in [0.1, 0.15) is 76.8 Å². The van der Waals surface area contributed by atoms with E-state index in [1.165, 1.54) is 0 Å². The van der Waals surface area contributed by atoms with Gasteiger partial charge in [-0.1, -0.05) is 87.1 Å². The quantitative estimate of drug-likeness (QED) is 0.0843. The molecule has 0 spiro atoms. The topological polar surface area (TPSA) is 541 Å². The number of carbonyl (C=O) groups excluding carboxylic acids is 20. The molecular weight excluding hydrogens is 1600 g/mol. The molecule has 10 aliphatic rings. The second-order valence-corrected chi connectivity index (χ2v) is 25.9. The van der Waals surface area contributed by atoms with Crippen LogP contribution in [-0.4, -0.2) is 254 Å². The molecule has 0 saturated carbocycles. The van der Waals surface area contributed by atoms with Gasteiger partial charge in [-0.3, -0.25) is 33.6 Å². The van der Waals surface area contributed by atoms with Crippen LogP contribution < -0.4 is 10.6 Å². The average Bonchev–Trinajstić information content (AvgIpc) is 1.65. The summed E-state index contributed by atoms with van der Waals surface area (Å²) in [7, 11) is 0. The molecule has 0 radical (unpaired) electrons. The predicted octanol–water partition coefficient (Wildman–Crippen LogP) is 3.00. The lowest BCUT2D eigenvalue weighted by Crippen LogP contribution is -2.39. The summed E-state index contributed by atoms with van der Waals surface area (Å²) in [5.74, 6) is -8.49. The Bertz CT molecular complexity index is 3630. The SMILES string of the molecule is C.C=C(C)C(=O)OC1COC(=O)C1.C=C(C)C(=O)OC1COC(=O)C1.C=CC(=O)OC1(C)CCOC(=O)C1.C=CC(=O)OC1C(=O)OCC1(C)C.C=CC(=O)OC1CCNC1=O.C=CC(=O)OC1CCOC1=O.C=CC(=O)OC1COC(=O)C1.C=CC(=O)OCC1CCNC1=O.C=CC(=O)OCC1CCOC1=O.C=CC(=O)OCC1COC(=O)O1. The van der Waals surface area contributed by atoms with Gasteiger partial charge in [0.2, 0.25) is 18.1 Å². The fourth-order valence-corrected chi connectivity index (χ4v) is 9.01. The number of rotatable bonds is 23. The van der Waals surface area contributed by atoms with E-state index in [9.17, 15) is 95.9 Å². The van der Waals surface area contributed by atoms with Crippen LogP contribution in [0, 0.1) is 17.3 Å². The van der Waals surface area contributed by atoms with Crippen LogP contribution >= 0.6 is 0 Å². The molecular formula is C79H102N2O39. The second-order valence-electron chi connectivity index (χ2n) is 25.9. The van der Waals surface area contributed by atoms with Gasteiger partial charge in [0.25, 0.3) is 5.91 Å². The monoisotopic (exact) mass is 1700 g/mol. The largest absolute Gasteiger partial charge is 0.508 e. The van der Waals surface area contributed by atoms with E-state index in [-0.39, 0.29) is 139 Å². The Hall–Kier alpha value is -13.4. The number of amides is 2. The second kappa shape index (κ2) is 56.8. The zero-order chi connectivity index (χ0) is 90.0. The van der Waals surface area contributed by atoms with E-state index in [2.05, 4.69) is 124 Å². The molecule has 0 bridgehead atoms. The lowest BCUT2D eigenvalue weighted by Gasteiger charge is -2.31.